The minimum Gasteiger partial charge on any atom is -0.476 e. The molecule has 0 aliphatic rings. The second-order valence-electron chi connectivity index (χ2n) is 5.06. The molecule has 0 atom stereocenters. The van der Waals surface area contributed by atoms with Gasteiger partial charge in [0, 0.05) is 5.92 Å². The van der Waals surface area contributed by atoms with Crippen LogP contribution in [0.3, 0.4) is 0 Å². The van der Waals surface area contributed by atoms with Gasteiger partial charge in [-0.2, -0.15) is 0 Å². The molecule has 110 valence electrons. The number of aromatic nitrogens is 2. The predicted octanol–water partition coefficient (Wildman–Crippen LogP) is 4.00. The molecule has 0 unspecified atom stereocenters. The van der Waals surface area contributed by atoms with Gasteiger partial charge in [0.1, 0.15) is 5.82 Å². The lowest BCUT2D eigenvalue weighted by Gasteiger charge is -2.12. The van der Waals surface area contributed by atoms with Crippen molar-refractivity contribution in [2.45, 2.75) is 26.7 Å². The highest BCUT2D eigenvalue weighted by Gasteiger charge is 2.16. The van der Waals surface area contributed by atoms with Gasteiger partial charge in [0.05, 0.1) is 22.6 Å². The summed E-state index contributed by atoms with van der Waals surface area (Å²) in [6.07, 6.45) is 1.48. The zero-order valence-electron chi connectivity index (χ0n) is 12.0. The van der Waals surface area contributed by atoms with Crippen molar-refractivity contribution in [3.05, 3.63) is 46.5 Å². The maximum Gasteiger partial charge on any atom is 0.356 e. The van der Waals surface area contributed by atoms with Gasteiger partial charge in [-0.05, 0) is 24.6 Å². The predicted molar refractivity (Wildman–Crippen MR) is 82.6 cm³/mol. The van der Waals surface area contributed by atoms with Crippen molar-refractivity contribution in [3.8, 4) is 0 Å². The van der Waals surface area contributed by atoms with Crippen molar-refractivity contribution in [1.82, 2.24) is 9.97 Å². The summed E-state index contributed by atoms with van der Waals surface area (Å²) in [5, 5.41) is 12.8. The Morgan fingerprint density at radius 3 is 2.67 bits per heavy atom. The van der Waals surface area contributed by atoms with E-state index in [1.54, 1.807) is 6.07 Å². The third kappa shape index (κ3) is 3.49. The van der Waals surface area contributed by atoms with Gasteiger partial charge in [0.2, 0.25) is 0 Å². The van der Waals surface area contributed by atoms with Crippen LogP contribution in [0.15, 0.2) is 24.4 Å². The number of nitrogens with one attached hydrogen (secondary N) is 1. The van der Waals surface area contributed by atoms with Crippen molar-refractivity contribution < 1.29 is 9.90 Å². The van der Waals surface area contributed by atoms with Gasteiger partial charge in [-0.25, -0.2) is 14.8 Å². The highest BCUT2D eigenvalue weighted by molar-refractivity contribution is 6.33. The lowest BCUT2D eigenvalue weighted by atomic mass is 10.2. The minimum absolute atomic E-state index is 0.0553. The van der Waals surface area contributed by atoms with Gasteiger partial charge in [-0.1, -0.05) is 31.5 Å². The number of anilines is 2. The van der Waals surface area contributed by atoms with Crippen molar-refractivity contribution >= 4 is 28.9 Å². The molecular weight excluding hydrogens is 290 g/mol. The van der Waals surface area contributed by atoms with E-state index < -0.39 is 5.97 Å². The SMILES string of the molecule is Cc1ccc(Cl)c(Nc2cnc(C(C)C)nc2C(=O)O)c1. The Morgan fingerprint density at radius 1 is 1.33 bits per heavy atom. The number of hydrogen-bond donors (Lipinski definition) is 2. The Balaban J connectivity index is 2.44. The number of hydrogen-bond acceptors (Lipinski definition) is 4. The van der Waals surface area contributed by atoms with E-state index in [0.29, 0.717) is 22.2 Å². The first-order chi connectivity index (χ1) is 9.88. The zero-order chi connectivity index (χ0) is 15.6. The molecule has 1 aromatic heterocycles. The van der Waals surface area contributed by atoms with Gasteiger partial charge in [0.15, 0.2) is 5.69 Å². The molecule has 0 fully saturated rings. The zero-order valence-corrected chi connectivity index (χ0v) is 12.8. The molecule has 0 saturated heterocycles. The van der Waals surface area contributed by atoms with Crippen molar-refractivity contribution in [2.24, 2.45) is 0 Å². The van der Waals surface area contributed by atoms with E-state index in [4.69, 9.17) is 11.6 Å². The van der Waals surface area contributed by atoms with Crippen LogP contribution >= 0.6 is 11.6 Å². The Bertz CT molecular complexity index is 687. The normalized spacial score (nSPS) is 10.7. The van der Waals surface area contributed by atoms with Gasteiger partial charge in [-0.15, -0.1) is 0 Å². The molecule has 0 saturated carbocycles. The first kappa shape index (κ1) is 15.3. The van der Waals surface area contributed by atoms with Gasteiger partial charge >= 0.3 is 5.97 Å². The third-order valence-electron chi connectivity index (χ3n) is 2.92. The molecule has 1 heterocycles. The Morgan fingerprint density at radius 2 is 2.05 bits per heavy atom. The maximum absolute atomic E-state index is 11.4. The largest absolute Gasteiger partial charge is 0.476 e. The van der Waals surface area contributed by atoms with Crippen LogP contribution in [0, 0.1) is 6.92 Å². The van der Waals surface area contributed by atoms with Crippen LogP contribution in [0.2, 0.25) is 5.02 Å². The minimum atomic E-state index is -1.11. The van der Waals surface area contributed by atoms with Gasteiger partial charge < -0.3 is 10.4 Å². The van der Waals surface area contributed by atoms with Crippen LogP contribution in [0.5, 0.6) is 0 Å². The Labute approximate surface area is 128 Å². The summed E-state index contributed by atoms with van der Waals surface area (Å²) in [5.41, 5.74) is 1.89. The molecule has 2 aromatic rings. The van der Waals surface area contributed by atoms with Gasteiger partial charge in [0.25, 0.3) is 0 Å². The molecule has 5 nitrogen and oxygen atoms in total. The second kappa shape index (κ2) is 6.10. The molecule has 0 radical (unpaired) electrons. The monoisotopic (exact) mass is 305 g/mol. The third-order valence-corrected chi connectivity index (χ3v) is 3.25. The summed E-state index contributed by atoms with van der Waals surface area (Å²) in [4.78, 5) is 19.7. The summed E-state index contributed by atoms with van der Waals surface area (Å²) < 4.78 is 0. The van der Waals surface area contributed by atoms with E-state index >= 15 is 0 Å². The molecule has 2 rings (SSSR count). The van der Waals surface area contributed by atoms with Crippen LogP contribution in [-0.2, 0) is 0 Å². The topological polar surface area (TPSA) is 75.1 Å². The number of aryl methyl sites for hydroxylation is 1. The standard InChI is InChI=1S/C15H16ClN3O2/c1-8(2)14-17-7-12(13(19-14)15(20)21)18-11-6-9(3)4-5-10(11)16/h4-8,18H,1-3H3,(H,20,21). The quantitative estimate of drug-likeness (QED) is 0.893. The van der Waals surface area contributed by atoms with Crippen LogP contribution in [0.25, 0.3) is 0 Å². The molecule has 21 heavy (non-hydrogen) atoms. The summed E-state index contributed by atoms with van der Waals surface area (Å²) in [7, 11) is 0. The number of aromatic carboxylic acids is 1. The number of halogens is 1. The lowest BCUT2D eigenvalue weighted by Crippen LogP contribution is -2.10. The molecule has 6 heteroatoms. The van der Waals surface area contributed by atoms with E-state index in [-0.39, 0.29) is 11.6 Å². The van der Waals surface area contributed by atoms with Crippen LogP contribution < -0.4 is 5.32 Å². The van der Waals surface area contributed by atoms with Crippen LogP contribution in [0.1, 0.15) is 41.6 Å². The molecule has 0 aliphatic heterocycles. The highest BCUT2D eigenvalue weighted by atomic mass is 35.5. The van der Waals surface area contributed by atoms with Crippen molar-refractivity contribution in [3.63, 3.8) is 0 Å². The molecular formula is C15H16ClN3O2. The first-order valence-corrected chi connectivity index (χ1v) is 6.89. The molecule has 0 aliphatic carbocycles. The molecule has 1 aromatic carbocycles. The van der Waals surface area contributed by atoms with E-state index in [0.717, 1.165) is 5.56 Å². The fraction of sp³-hybridized carbons (Fsp3) is 0.267. The van der Waals surface area contributed by atoms with E-state index in [9.17, 15) is 9.90 Å². The number of rotatable bonds is 4. The number of carbonyl (C=O) groups is 1. The second-order valence-corrected chi connectivity index (χ2v) is 5.47. The molecule has 0 amide bonds. The number of benzene rings is 1. The fourth-order valence-electron chi connectivity index (χ4n) is 1.81. The fourth-order valence-corrected chi connectivity index (χ4v) is 1.97. The van der Waals surface area contributed by atoms with Crippen LogP contribution in [-0.4, -0.2) is 21.0 Å². The maximum atomic E-state index is 11.4. The average molecular weight is 306 g/mol. The van der Waals surface area contributed by atoms with E-state index in [1.165, 1.54) is 6.20 Å². The average Bonchev–Trinajstić information content (AvgIpc) is 2.42. The Hall–Kier alpha value is -2.14. The molecule has 0 bridgehead atoms. The van der Waals surface area contributed by atoms with E-state index in [1.807, 2.05) is 32.9 Å². The summed E-state index contributed by atoms with van der Waals surface area (Å²) in [6.45, 7) is 5.74. The number of nitrogens with zero attached hydrogens (tertiary/aromatic N) is 2. The molecule has 0 spiro atoms. The lowest BCUT2D eigenvalue weighted by molar-refractivity contribution is 0.0691. The summed E-state index contributed by atoms with van der Waals surface area (Å²) >= 11 is 6.11. The molecule has 2 N–H and O–H groups in total. The summed E-state index contributed by atoms with van der Waals surface area (Å²) in [6, 6.07) is 5.47. The summed E-state index contributed by atoms with van der Waals surface area (Å²) in [5.74, 6) is -0.557. The van der Waals surface area contributed by atoms with E-state index in [2.05, 4.69) is 15.3 Å². The highest BCUT2D eigenvalue weighted by Crippen LogP contribution is 2.28. The first-order valence-electron chi connectivity index (χ1n) is 6.52. The van der Waals surface area contributed by atoms with Crippen molar-refractivity contribution in [2.75, 3.05) is 5.32 Å². The van der Waals surface area contributed by atoms with Gasteiger partial charge in [-0.3, -0.25) is 0 Å². The van der Waals surface area contributed by atoms with Crippen molar-refractivity contribution in [1.29, 1.82) is 0 Å². The smallest absolute Gasteiger partial charge is 0.356 e. The number of carboxylic acids is 1. The Kier molecular flexibility index (Phi) is 4.43. The number of carboxylic acid groups (broad SMARTS) is 1. The van der Waals surface area contributed by atoms with Crippen LogP contribution in [0.4, 0.5) is 11.4 Å².